The molecule has 0 aliphatic rings. The van der Waals surface area contributed by atoms with E-state index in [2.05, 4.69) is 40.7 Å². The van der Waals surface area contributed by atoms with Crippen molar-refractivity contribution in [2.24, 2.45) is 5.16 Å². The van der Waals surface area contributed by atoms with Gasteiger partial charge in [0.2, 0.25) is 0 Å². The van der Waals surface area contributed by atoms with E-state index in [0.717, 1.165) is 21.2 Å². The van der Waals surface area contributed by atoms with Crippen molar-refractivity contribution >= 4 is 18.0 Å². The average molecular weight is 352 g/mol. The maximum Gasteiger partial charge on any atom is 0.156 e. The van der Waals surface area contributed by atoms with Crippen molar-refractivity contribution in [1.82, 2.24) is 14.5 Å². The van der Waals surface area contributed by atoms with E-state index >= 15 is 0 Å². The summed E-state index contributed by atoms with van der Waals surface area (Å²) in [5.74, 6) is 0.900. The number of hydrogen-bond donors (Lipinski definition) is 1. The first-order valence-corrected chi connectivity index (χ1v) is 8.90. The number of rotatable bonds is 6. The Kier molecular flexibility index (Phi) is 5.50. The van der Waals surface area contributed by atoms with Gasteiger partial charge in [0.1, 0.15) is 11.2 Å². The van der Waals surface area contributed by atoms with Crippen LogP contribution in [0.5, 0.6) is 0 Å². The van der Waals surface area contributed by atoms with Crippen LogP contribution in [0.3, 0.4) is 0 Å². The molecule has 0 saturated heterocycles. The Bertz CT molecular complexity index is 845. The first kappa shape index (κ1) is 17.2. The maximum atomic E-state index is 9.04. The lowest BCUT2D eigenvalue weighted by Crippen LogP contribution is -2.06. The molecule has 1 aromatic carbocycles. The Morgan fingerprint density at radius 2 is 1.88 bits per heavy atom. The number of hydrogen-bond acceptors (Lipinski definition) is 5. The highest BCUT2D eigenvalue weighted by atomic mass is 32.2. The molecular weight excluding hydrogens is 332 g/mol. The first-order valence-electron chi connectivity index (χ1n) is 8.08. The van der Waals surface area contributed by atoms with Gasteiger partial charge in [-0.2, -0.15) is 0 Å². The molecule has 0 saturated carbocycles. The molecule has 128 valence electrons. The second-order valence-corrected chi connectivity index (χ2v) is 6.98. The molecule has 0 bridgehead atoms. The molecule has 0 amide bonds. The van der Waals surface area contributed by atoms with Gasteiger partial charge in [0.05, 0.1) is 12.2 Å². The molecule has 0 spiro atoms. The molecule has 6 heteroatoms. The molecule has 25 heavy (non-hydrogen) atoms. The number of pyridine rings is 1. The highest BCUT2D eigenvalue weighted by molar-refractivity contribution is 7.99. The zero-order valence-electron chi connectivity index (χ0n) is 14.2. The molecule has 0 atom stereocenters. The van der Waals surface area contributed by atoms with Gasteiger partial charge in [0.25, 0.3) is 0 Å². The third kappa shape index (κ3) is 4.09. The minimum atomic E-state index is 0.260. The van der Waals surface area contributed by atoms with Crippen LogP contribution in [0.15, 0.2) is 69.9 Å². The van der Waals surface area contributed by atoms with Crippen LogP contribution >= 0.6 is 11.8 Å². The Morgan fingerprint density at radius 3 is 2.52 bits per heavy atom. The lowest BCUT2D eigenvalue weighted by atomic mass is 10.1. The quantitative estimate of drug-likeness (QED) is 0.405. The van der Waals surface area contributed by atoms with Gasteiger partial charge in [-0.25, -0.2) is 4.98 Å². The van der Waals surface area contributed by atoms with Gasteiger partial charge in [0, 0.05) is 17.3 Å². The summed E-state index contributed by atoms with van der Waals surface area (Å²) >= 11 is 1.68. The van der Waals surface area contributed by atoms with E-state index in [1.165, 1.54) is 6.21 Å². The normalized spacial score (nSPS) is 11.5. The van der Waals surface area contributed by atoms with E-state index in [9.17, 15) is 0 Å². The molecule has 0 fully saturated rings. The Labute approximate surface area is 151 Å². The SMILES string of the molecule is CC(C)c1nc(C=NO)n(Cc2ccncc2)c1Sc1ccccc1. The van der Waals surface area contributed by atoms with Crippen LogP contribution in [-0.2, 0) is 6.54 Å². The summed E-state index contributed by atoms with van der Waals surface area (Å²) < 4.78 is 2.09. The number of benzene rings is 1. The standard InChI is InChI=1S/C19H20N4OS/c1-14(2)18-19(25-16-6-4-3-5-7-16)23(17(22-18)12-21-24)13-15-8-10-20-11-9-15/h3-12,14,24H,13H2,1-2H3. The molecule has 5 nitrogen and oxygen atoms in total. The number of imidazole rings is 1. The highest BCUT2D eigenvalue weighted by Gasteiger charge is 2.20. The Hall–Kier alpha value is -2.60. The molecular formula is C19H20N4OS. The maximum absolute atomic E-state index is 9.04. The third-order valence-corrected chi connectivity index (χ3v) is 4.87. The van der Waals surface area contributed by atoms with Gasteiger partial charge in [-0.3, -0.25) is 4.98 Å². The second kappa shape index (κ2) is 7.98. The largest absolute Gasteiger partial charge is 0.411 e. The smallest absolute Gasteiger partial charge is 0.156 e. The molecule has 1 N–H and O–H groups in total. The summed E-state index contributed by atoms with van der Waals surface area (Å²) in [4.78, 5) is 9.93. The van der Waals surface area contributed by atoms with Gasteiger partial charge >= 0.3 is 0 Å². The average Bonchev–Trinajstić information content (AvgIpc) is 2.95. The van der Waals surface area contributed by atoms with Crippen molar-refractivity contribution in [1.29, 1.82) is 0 Å². The Balaban J connectivity index is 2.08. The van der Waals surface area contributed by atoms with Crippen LogP contribution in [0.2, 0.25) is 0 Å². The predicted molar refractivity (Wildman–Crippen MR) is 99.6 cm³/mol. The first-order chi connectivity index (χ1) is 12.2. The summed E-state index contributed by atoms with van der Waals surface area (Å²) in [6.07, 6.45) is 4.95. The highest BCUT2D eigenvalue weighted by Crippen LogP contribution is 2.34. The summed E-state index contributed by atoms with van der Waals surface area (Å²) in [5, 5.41) is 13.3. The fourth-order valence-corrected chi connectivity index (χ4v) is 3.70. The van der Waals surface area contributed by atoms with Crippen LogP contribution in [-0.4, -0.2) is 26.0 Å². The fraction of sp³-hybridized carbons (Fsp3) is 0.211. The van der Waals surface area contributed by atoms with Gasteiger partial charge in [-0.1, -0.05) is 49.0 Å². The van der Waals surface area contributed by atoms with Crippen LogP contribution in [0.4, 0.5) is 0 Å². The molecule has 3 aromatic rings. The predicted octanol–water partition coefficient (Wildman–Crippen LogP) is 4.41. The molecule has 2 aromatic heterocycles. The second-order valence-electron chi connectivity index (χ2n) is 5.92. The van der Waals surface area contributed by atoms with E-state index in [4.69, 9.17) is 10.2 Å². The Morgan fingerprint density at radius 1 is 1.16 bits per heavy atom. The summed E-state index contributed by atoms with van der Waals surface area (Å²) in [5.41, 5.74) is 2.11. The summed E-state index contributed by atoms with van der Waals surface area (Å²) in [6.45, 7) is 4.88. The molecule has 2 heterocycles. The molecule has 0 unspecified atom stereocenters. The van der Waals surface area contributed by atoms with Crippen LogP contribution in [0.1, 0.15) is 36.8 Å². The molecule has 3 rings (SSSR count). The van der Waals surface area contributed by atoms with Gasteiger partial charge < -0.3 is 9.77 Å². The molecule has 0 aliphatic carbocycles. The molecule has 0 radical (unpaired) electrons. The van der Waals surface area contributed by atoms with Gasteiger partial charge in [0.15, 0.2) is 5.82 Å². The summed E-state index contributed by atoms with van der Waals surface area (Å²) in [6, 6.07) is 14.2. The van der Waals surface area contributed by atoms with Crippen molar-refractivity contribution in [3.8, 4) is 0 Å². The van der Waals surface area contributed by atoms with Crippen LogP contribution in [0, 0.1) is 0 Å². The topological polar surface area (TPSA) is 63.3 Å². The monoisotopic (exact) mass is 352 g/mol. The van der Waals surface area contributed by atoms with E-state index in [1.807, 2.05) is 30.3 Å². The van der Waals surface area contributed by atoms with Gasteiger partial charge in [-0.15, -0.1) is 0 Å². The zero-order chi connectivity index (χ0) is 17.6. The fourth-order valence-electron chi connectivity index (χ4n) is 2.53. The van der Waals surface area contributed by atoms with Crippen molar-refractivity contribution in [2.45, 2.75) is 36.2 Å². The third-order valence-electron chi connectivity index (χ3n) is 3.74. The molecule has 0 aliphatic heterocycles. The van der Waals surface area contributed by atoms with Crippen molar-refractivity contribution < 1.29 is 5.21 Å². The summed E-state index contributed by atoms with van der Waals surface area (Å²) in [7, 11) is 0. The lowest BCUT2D eigenvalue weighted by Gasteiger charge is -2.12. The lowest BCUT2D eigenvalue weighted by molar-refractivity contribution is 0.321. The minimum absolute atomic E-state index is 0.260. The minimum Gasteiger partial charge on any atom is -0.411 e. The number of oxime groups is 1. The van der Waals surface area contributed by atoms with Crippen molar-refractivity contribution in [2.75, 3.05) is 0 Å². The number of aromatic nitrogens is 3. The van der Waals surface area contributed by atoms with Crippen LogP contribution < -0.4 is 0 Å². The van der Waals surface area contributed by atoms with Crippen molar-refractivity contribution in [3.05, 3.63) is 71.9 Å². The number of nitrogens with zero attached hydrogens (tertiary/aromatic N) is 4. The van der Waals surface area contributed by atoms with E-state index < -0.39 is 0 Å². The van der Waals surface area contributed by atoms with Crippen molar-refractivity contribution in [3.63, 3.8) is 0 Å². The van der Waals surface area contributed by atoms with E-state index in [1.54, 1.807) is 24.2 Å². The van der Waals surface area contributed by atoms with E-state index in [0.29, 0.717) is 12.4 Å². The zero-order valence-corrected chi connectivity index (χ0v) is 15.0. The van der Waals surface area contributed by atoms with E-state index in [-0.39, 0.29) is 5.92 Å². The van der Waals surface area contributed by atoms with Crippen LogP contribution in [0.25, 0.3) is 0 Å². The van der Waals surface area contributed by atoms with Gasteiger partial charge in [-0.05, 0) is 35.7 Å².